The Morgan fingerprint density at radius 3 is 2.29 bits per heavy atom. The van der Waals surface area contributed by atoms with Gasteiger partial charge in [0.05, 0.1) is 11.5 Å². The van der Waals surface area contributed by atoms with Crippen molar-refractivity contribution in [3.63, 3.8) is 0 Å². The number of sulfonamides is 1. The van der Waals surface area contributed by atoms with Crippen LogP contribution >= 0.6 is 0 Å². The molecule has 1 heterocycles. The molecule has 0 atom stereocenters. The molecule has 3 rings (SSSR count). The molecule has 0 bridgehead atoms. The van der Waals surface area contributed by atoms with Gasteiger partial charge in [0.1, 0.15) is 5.75 Å². The summed E-state index contributed by atoms with van der Waals surface area (Å²) in [6, 6.07) is 15.2. The van der Waals surface area contributed by atoms with E-state index < -0.39 is 10.0 Å². The summed E-state index contributed by atoms with van der Waals surface area (Å²) in [5.41, 5.74) is 2.53. The number of hydrogen-bond acceptors (Lipinski definition) is 4. The normalized spacial score (nSPS) is 14.8. The van der Waals surface area contributed by atoms with Crippen molar-refractivity contribution in [1.29, 1.82) is 0 Å². The fourth-order valence-corrected chi connectivity index (χ4v) is 4.56. The van der Waals surface area contributed by atoms with Gasteiger partial charge in [-0.05, 0) is 81.0 Å². The predicted octanol–water partition coefficient (Wildman–Crippen LogP) is 3.99. The SMILES string of the molecule is CCOc1ccc(S(=O)(=O)NCCCc2ccc(N3CCCCC3)cc2)cc1. The molecule has 0 aromatic heterocycles. The first-order chi connectivity index (χ1) is 13.6. The molecule has 0 saturated carbocycles. The van der Waals surface area contributed by atoms with Gasteiger partial charge in [0, 0.05) is 25.3 Å². The summed E-state index contributed by atoms with van der Waals surface area (Å²) in [6.45, 7) is 5.17. The highest BCUT2D eigenvalue weighted by atomic mass is 32.2. The van der Waals surface area contributed by atoms with Crippen molar-refractivity contribution < 1.29 is 13.2 Å². The van der Waals surface area contributed by atoms with Crippen molar-refractivity contribution in [3.05, 3.63) is 54.1 Å². The van der Waals surface area contributed by atoms with Gasteiger partial charge in [0.2, 0.25) is 10.0 Å². The van der Waals surface area contributed by atoms with E-state index in [1.165, 1.54) is 30.5 Å². The summed E-state index contributed by atoms with van der Waals surface area (Å²) in [6.07, 6.45) is 5.50. The van der Waals surface area contributed by atoms with Gasteiger partial charge >= 0.3 is 0 Å². The number of nitrogens with one attached hydrogen (secondary N) is 1. The first-order valence-electron chi connectivity index (χ1n) is 10.1. The minimum absolute atomic E-state index is 0.266. The lowest BCUT2D eigenvalue weighted by molar-refractivity contribution is 0.340. The lowest BCUT2D eigenvalue weighted by Crippen LogP contribution is -2.29. The molecule has 1 saturated heterocycles. The van der Waals surface area contributed by atoms with E-state index in [1.54, 1.807) is 24.3 Å². The van der Waals surface area contributed by atoms with Crippen LogP contribution in [0.15, 0.2) is 53.4 Å². The molecule has 1 fully saturated rings. The van der Waals surface area contributed by atoms with Gasteiger partial charge in [0.25, 0.3) is 0 Å². The monoisotopic (exact) mass is 402 g/mol. The second-order valence-electron chi connectivity index (χ2n) is 7.12. The molecule has 1 aliphatic rings. The average molecular weight is 403 g/mol. The van der Waals surface area contributed by atoms with Crippen LogP contribution < -0.4 is 14.4 Å². The second kappa shape index (κ2) is 9.94. The summed E-state index contributed by atoms with van der Waals surface area (Å²) in [4.78, 5) is 2.71. The smallest absolute Gasteiger partial charge is 0.240 e. The van der Waals surface area contributed by atoms with E-state index in [2.05, 4.69) is 33.9 Å². The number of ether oxygens (including phenoxy) is 1. The molecule has 6 heteroatoms. The number of rotatable bonds is 9. The van der Waals surface area contributed by atoms with Gasteiger partial charge < -0.3 is 9.64 Å². The molecule has 0 spiro atoms. The maximum Gasteiger partial charge on any atom is 0.240 e. The maximum atomic E-state index is 12.4. The van der Waals surface area contributed by atoms with Gasteiger partial charge in [-0.25, -0.2) is 13.1 Å². The van der Waals surface area contributed by atoms with Gasteiger partial charge in [-0.15, -0.1) is 0 Å². The molecule has 5 nitrogen and oxygen atoms in total. The van der Waals surface area contributed by atoms with E-state index in [9.17, 15) is 8.42 Å². The van der Waals surface area contributed by atoms with Gasteiger partial charge in [0.15, 0.2) is 0 Å². The molecule has 0 unspecified atom stereocenters. The lowest BCUT2D eigenvalue weighted by Gasteiger charge is -2.28. The third-order valence-electron chi connectivity index (χ3n) is 5.04. The summed E-state index contributed by atoms with van der Waals surface area (Å²) >= 11 is 0. The highest BCUT2D eigenvalue weighted by Gasteiger charge is 2.13. The Bertz CT molecular complexity index is 827. The topological polar surface area (TPSA) is 58.6 Å². The molecular formula is C22H30N2O3S. The first kappa shape index (κ1) is 20.7. The van der Waals surface area contributed by atoms with E-state index in [0.717, 1.165) is 25.9 Å². The molecule has 1 aliphatic heterocycles. The van der Waals surface area contributed by atoms with E-state index in [0.29, 0.717) is 18.9 Å². The highest BCUT2D eigenvalue weighted by molar-refractivity contribution is 7.89. The van der Waals surface area contributed by atoms with E-state index in [1.807, 2.05) is 6.92 Å². The zero-order valence-corrected chi connectivity index (χ0v) is 17.4. The molecule has 0 amide bonds. The summed E-state index contributed by atoms with van der Waals surface area (Å²) in [5, 5.41) is 0. The molecule has 2 aromatic carbocycles. The van der Waals surface area contributed by atoms with Crippen LogP contribution in [-0.4, -0.2) is 34.7 Å². The zero-order chi connectivity index (χ0) is 19.8. The molecule has 0 radical (unpaired) electrons. The van der Waals surface area contributed by atoms with Crippen LogP contribution in [-0.2, 0) is 16.4 Å². The molecule has 1 N–H and O–H groups in total. The Morgan fingerprint density at radius 1 is 0.964 bits per heavy atom. The summed E-state index contributed by atoms with van der Waals surface area (Å²) < 4.78 is 32.8. The number of piperidine rings is 1. The minimum Gasteiger partial charge on any atom is -0.494 e. The Labute approximate surface area is 168 Å². The third-order valence-corrected chi connectivity index (χ3v) is 6.51. The number of hydrogen-bond donors (Lipinski definition) is 1. The fraction of sp³-hybridized carbons (Fsp3) is 0.455. The van der Waals surface area contributed by atoms with Crippen molar-refractivity contribution in [3.8, 4) is 5.75 Å². The van der Waals surface area contributed by atoms with Gasteiger partial charge in [-0.3, -0.25) is 0 Å². The molecule has 2 aromatic rings. The lowest BCUT2D eigenvalue weighted by atomic mass is 10.1. The quantitative estimate of drug-likeness (QED) is 0.645. The van der Waals surface area contributed by atoms with Crippen molar-refractivity contribution >= 4 is 15.7 Å². The van der Waals surface area contributed by atoms with Crippen molar-refractivity contribution in [1.82, 2.24) is 4.72 Å². The number of benzene rings is 2. The molecule has 0 aliphatic carbocycles. The van der Waals surface area contributed by atoms with Crippen LogP contribution in [0.5, 0.6) is 5.75 Å². The van der Waals surface area contributed by atoms with Crippen LogP contribution in [0.25, 0.3) is 0 Å². The molecular weight excluding hydrogens is 372 g/mol. The zero-order valence-electron chi connectivity index (χ0n) is 16.6. The van der Waals surface area contributed by atoms with Crippen LogP contribution in [0.1, 0.15) is 38.2 Å². The largest absolute Gasteiger partial charge is 0.494 e. The average Bonchev–Trinajstić information content (AvgIpc) is 2.73. The van der Waals surface area contributed by atoms with E-state index >= 15 is 0 Å². The second-order valence-corrected chi connectivity index (χ2v) is 8.89. The standard InChI is InChI=1S/C22H30N2O3S/c1-2-27-21-12-14-22(15-13-21)28(25,26)23-16-6-7-19-8-10-20(11-9-19)24-17-4-3-5-18-24/h8-15,23H,2-7,16-18H2,1H3. The number of anilines is 1. The Balaban J connectivity index is 1.45. The van der Waals surface area contributed by atoms with Crippen LogP contribution in [0.4, 0.5) is 5.69 Å². The van der Waals surface area contributed by atoms with Crippen LogP contribution in [0.3, 0.4) is 0 Å². The van der Waals surface area contributed by atoms with Crippen LogP contribution in [0.2, 0.25) is 0 Å². The maximum absolute atomic E-state index is 12.4. The van der Waals surface area contributed by atoms with Gasteiger partial charge in [-0.2, -0.15) is 0 Å². The fourth-order valence-electron chi connectivity index (χ4n) is 3.49. The molecule has 152 valence electrons. The van der Waals surface area contributed by atoms with Crippen molar-refractivity contribution in [2.75, 3.05) is 31.1 Å². The van der Waals surface area contributed by atoms with E-state index in [4.69, 9.17) is 4.74 Å². The Morgan fingerprint density at radius 2 is 1.64 bits per heavy atom. The summed E-state index contributed by atoms with van der Waals surface area (Å²) in [7, 11) is -3.48. The number of aryl methyl sites for hydroxylation is 1. The Kier molecular flexibility index (Phi) is 7.34. The van der Waals surface area contributed by atoms with E-state index in [-0.39, 0.29) is 4.90 Å². The first-order valence-corrected chi connectivity index (χ1v) is 11.6. The van der Waals surface area contributed by atoms with Crippen LogP contribution in [0, 0.1) is 0 Å². The van der Waals surface area contributed by atoms with Gasteiger partial charge in [-0.1, -0.05) is 12.1 Å². The Hall–Kier alpha value is -2.05. The third kappa shape index (κ3) is 5.72. The number of nitrogens with zero attached hydrogens (tertiary/aromatic N) is 1. The predicted molar refractivity (Wildman–Crippen MR) is 114 cm³/mol. The highest BCUT2D eigenvalue weighted by Crippen LogP contribution is 2.21. The minimum atomic E-state index is -3.48. The molecule has 28 heavy (non-hydrogen) atoms. The van der Waals surface area contributed by atoms with Crippen molar-refractivity contribution in [2.24, 2.45) is 0 Å². The van der Waals surface area contributed by atoms with Crippen molar-refractivity contribution in [2.45, 2.75) is 43.9 Å². The summed E-state index contributed by atoms with van der Waals surface area (Å²) in [5.74, 6) is 0.675.